The third-order valence-electron chi connectivity index (χ3n) is 3.76. The molecule has 0 bridgehead atoms. The van der Waals surface area contributed by atoms with Crippen LogP contribution in [0.15, 0.2) is 45.0 Å². The highest BCUT2D eigenvalue weighted by molar-refractivity contribution is 7.98. The number of thioether (sulfide) groups is 1. The molecule has 0 aliphatic carbocycles. The van der Waals surface area contributed by atoms with Crippen LogP contribution in [0.1, 0.15) is 37.9 Å². The highest BCUT2D eigenvalue weighted by Gasteiger charge is 2.11. The molecule has 120 valence electrons. The number of nitrogens with zero attached hydrogens (tertiary/aromatic N) is 3. The molecule has 6 heteroatoms. The molecule has 3 rings (SSSR count). The summed E-state index contributed by atoms with van der Waals surface area (Å²) in [5.41, 5.74) is 2.46. The molecule has 1 aromatic carbocycles. The zero-order valence-corrected chi connectivity index (χ0v) is 14.3. The second kappa shape index (κ2) is 6.58. The van der Waals surface area contributed by atoms with E-state index < -0.39 is 0 Å². The van der Waals surface area contributed by atoms with E-state index in [1.54, 1.807) is 24.2 Å². The Balaban J connectivity index is 1.93. The van der Waals surface area contributed by atoms with Crippen LogP contribution >= 0.6 is 11.8 Å². The van der Waals surface area contributed by atoms with Crippen molar-refractivity contribution >= 4 is 22.7 Å². The molecule has 0 N–H and O–H groups in total. The molecule has 0 radical (unpaired) electrons. The average Bonchev–Trinajstić information content (AvgIpc) is 3.00. The molecule has 0 amide bonds. The van der Waals surface area contributed by atoms with Crippen molar-refractivity contribution in [3.05, 3.63) is 52.1 Å². The maximum absolute atomic E-state index is 11.8. The summed E-state index contributed by atoms with van der Waals surface area (Å²) in [6, 6.07) is 7.92. The van der Waals surface area contributed by atoms with E-state index in [4.69, 9.17) is 4.42 Å². The van der Waals surface area contributed by atoms with Crippen molar-refractivity contribution in [3.8, 4) is 0 Å². The van der Waals surface area contributed by atoms with Gasteiger partial charge in [-0.3, -0.25) is 0 Å². The predicted octanol–water partition coefficient (Wildman–Crippen LogP) is 3.82. The van der Waals surface area contributed by atoms with E-state index in [-0.39, 0.29) is 5.63 Å². The molecule has 0 spiro atoms. The van der Waals surface area contributed by atoms with E-state index in [1.807, 2.05) is 16.7 Å². The van der Waals surface area contributed by atoms with Crippen LogP contribution in [0.2, 0.25) is 0 Å². The van der Waals surface area contributed by atoms with Crippen molar-refractivity contribution in [2.24, 2.45) is 0 Å². The van der Waals surface area contributed by atoms with Gasteiger partial charge in [-0.15, -0.1) is 10.2 Å². The number of aryl methyl sites for hydroxylation is 1. The lowest BCUT2D eigenvalue weighted by atomic mass is 10.1. The summed E-state index contributed by atoms with van der Waals surface area (Å²) in [7, 11) is 0. The minimum atomic E-state index is -0.313. The van der Waals surface area contributed by atoms with Gasteiger partial charge in [0, 0.05) is 23.2 Å². The number of aromatic nitrogens is 3. The molecule has 0 saturated carbocycles. The third-order valence-corrected chi connectivity index (χ3v) is 4.76. The van der Waals surface area contributed by atoms with Crippen molar-refractivity contribution in [2.45, 2.75) is 44.1 Å². The van der Waals surface area contributed by atoms with Gasteiger partial charge in [0.05, 0.1) is 0 Å². The predicted molar refractivity (Wildman–Crippen MR) is 91.8 cm³/mol. The molecule has 5 nitrogen and oxygen atoms in total. The summed E-state index contributed by atoms with van der Waals surface area (Å²) < 4.78 is 7.37. The van der Waals surface area contributed by atoms with Crippen LogP contribution in [0.25, 0.3) is 11.0 Å². The fraction of sp³-hybridized carbons (Fsp3) is 0.353. The second-order valence-electron chi connectivity index (χ2n) is 5.68. The Morgan fingerprint density at radius 2 is 2.13 bits per heavy atom. The molecule has 23 heavy (non-hydrogen) atoms. The first-order chi connectivity index (χ1) is 11.1. The van der Waals surface area contributed by atoms with Crippen LogP contribution in [-0.4, -0.2) is 14.8 Å². The van der Waals surface area contributed by atoms with Crippen molar-refractivity contribution in [1.29, 1.82) is 0 Å². The average molecular weight is 329 g/mol. The van der Waals surface area contributed by atoms with E-state index in [0.717, 1.165) is 28.1 Å². The quantitative estimate of drug-likeness (QED) is 0.526. The molecule has 3 aromatic rings. The Kier molecular flexibility index (Phi) is 4.52. The van der Waals surface area contributed by atoms with Crippen LogP contribution in [0, 0.1) is 0 Å². The first kappa shape index (κ1) is 15.8. The second-order valence-corrected chi connectivity index (χ2v) is 6.62. The highest BCUT2D eigenvalue weighted by Crippen LogP contribution is 2.27. The molecular weight excluding hydrogens is 310 g/mol. The summed E-state index contributed by atoms with van der Waals surface area (Å²) in [5.74, 6) is 0.652. The van der Waals surface area contributed by atoms with Gasteiger partial charge in [0.25, 0.3) is 0 Å². The lowest BCUT2D eigenvalue weighted by molar-refractivity contribution is 0.549. The van der Waals surface area contributed by atoms with E-state index in [9.17, 15) is 4.79 Å². The SMILES string of the molecule is CCc1ccc2c(CSc3nncn3C(C)C)cc(=O)oc2c1. The van der Waals surface area contributed by atoms with Gasteiger partial charge in [0.2, 0.25) is 0 Å². The molecule has 0 saturated heterocycles. The third kappa shape index (κ3) is 3.32. The van der Waals surface area contributed by atoms with E-state index >= 15 is 0 Å². The Bertz CT molecular complexity index is 883. The lowest BCUT2D eigenvalue weighted by Crippen LogP contribution is -2.03. The van der Waals surface area contributed by atoms with E-state index in [1.165, 1.54) is 0 Å². The van der Waals surface area contributed by atoms with Crippen LogP contribution < -0.4 is 5.63 Å². The van der Waals surface area contributed by atoms with Crippen molar-refractivity contribution in [2.75, 3.05) is 0 Å². The van der Waals surface area contributed by atoms with Gasteiger partial charge < -0.3 is 8.98 Å². The van der Waals surface area contributed by atoms with Gasteiger partial charge in [-0.1, -0.05) is 30.8 Å². The summed E-state index contributed by atoms with van der Waals surface area (Å²) in [6.07, 6.45) is 2.65. The Morgan fingerprint density at radius 1 is 1.30 bits per heavy atom. The highest BCUT2D eigenvalue weighted by atomic mass is 32.2. The van der Waals surface area contributed by atoms with E-state index in [2.05, 4.69) is 37.0 Å². The minimum absolute atomic E-state index is 0.303. The molecule has 0 aliphatic heterocycles. The maximum atomic E-state index is 11.8. The standard InChI is InChI=1S/C17H19N3O2S/c1-4-12-5-6-14-13(8-16(21)22-15(14)7-12)9-23-17-19-18-10-20(17)11(2)3/h5-8,10-11H,4,9H2,1-3H3. The van der Waals surface area contributed by atoms with Crippen LogP contribution in [0.5, 0.6) is 0 Å². The summed E-state index contributed by atoms with van der Waals surface area (Å²) in [6.45, 7) is 6.26. The summed E-state index contributed by atoms with van der Waals surface area (Å²) in [5, 5.41) is 9.96. The molecule has 0 fully saturated rings. The largest absolute Gasteiger partial charge is 0.423 e. The maximum Gasteiger partial charge on any atom is 0.336 e. The fourth-order valence-electron chi connectivity index (χ4n) is 2.45. The van der Waals surface area contributed by atoms with Crippen LogP contribution in [-0.2, 0) is 12.2 Å². The zero-order chi connectivity index (χ0) is 16.4. The first-order valence-corrected chi connectivity index (χ1v) is 8.65. The zero-order valence-electron chi connectivity index (χ0n) is 13.4. The van der Waals surface area contributed by atoms with Crippen molar-refractivity contribution in [3.63, 3.8) is 0 Å². The van der Waals surface area contributed by atoms with Gasteiger partial charge in [0.15, 0.2) is 5.16 Å². The van der Waals surface area contributed by atoms with Crippen molar-refractivity contribution in [1.82, 2.24) is 14.8 Å². The smallest absolute Gasteiger partial charge is 0.336 e. The summed E-state index contributed by atoms with van der Waals surface area (Å²) >= 11 is 1.58. The van der Waals surface area contributed by atoms with Gasteiger partial charge in [-0.25, -0.2) is 4.79 Å². The molecule has 2 aromatic heterocycles. The number of hydrogen-bond donors (Lipinski definition) is 0. The first-order valence-electron chi connectivity index (χ1n) is 7.66. The number of benzene rings is 1. The van der Waals surface area contributed by atoms with Gasteiger partial charge >= 0.3 is 5.63 Å². The van der Waals surface area contributed by atoms with Gasteiger partial charge in [0.1, 0.15) is 11.9 Å². The molecule has 0 aliphatic rings. The van der Waals surface area contributed by atoms with Gasteiger partial charge in [-0.05, 0) is 37.5 Å². The number of hydrogen-bond acceptors (Lipinski definition) is 5. The van der Waals surface area contributed by atoms with E-state index in [0.29, 0.717) is 17.4 Å². The molecule has 2 heterocycles. The normalized spacial score (nSPS) is 11.5. The van der Waals surface area contributed by atoms with Crippen LogP contribution in [0.3, 0.4) is 0 Å². The number of rotatable bonds is 5. The Labute approximate surface area is 138 Å². The lowest BCUT2D eigenvalue weighted by Gasteiger charge is -2.10. The Morgan fingerprint density at radius 3 is 2.87 bits per heavy atom. The molecular formula is C17H19N3O2S. The monoisotopic (exact) mass is 329 g/mol. The molecule has 0 atom stereocenters. The van der Waals surface area contributed by atoms with Crippen LogP contribution in [0.4, 0.5) is 0 Å². The van der Waals surface area contributed by atoms with Gasteiger partial charge in [-0.2, -0.15) is 0 Å². The fourth-order valence-corrected chi connectivity index (χ4v) is 3.48. The Hall–Kier alpha value is -2.08. The molecule has 0 unspecified atom stereocenters. The number of fused-ring (bicyclic) bond motifs is 1. The minimum Gasteiger partial charge on any atom is -0.423 e. The summed E-state index contributed by atoms with van der Waals surface area (Å²) in [4.78, 5) is 11.8. The van der Waals surface area contributed by atoms with Crippen molar-refractivity contribution < 1.29 is 4.42 Å². The topological polar surface area (TPSA) is 60.9 Å².